The van der Waals surface area contributed by atoms with Crippen molar-refractivity contribution in [3.8, 4) is 10.6 Å². The van der Waals surface area contributed by atoms with Crippen LogP contribution in [0.25, 0.3) is 10.6 Å². The lowest BCUT2D eigenvalue weighted by Crippen LogP contribution is -2.27. The summed E-state index contributed by atoms with van der Waals surface area (Å²) < 4.78 is 18.9. The lowest BCUT2D eigenvalue weighted by Gasteiger charge is -2.05. The number of amides is 1. The van der Waals surface area contributed by atoms with Crippen LogP contribution < -0.4 is 5.32 Å². The molecule has 1 N–H and O–H groups in total. The van der Waals surface area contributed by atoms with Crippen LogP contribution in [0.2, 0.25) is 0 Å². The minimum atomic E-state index is -0.288. The Balaban J connectivity index is 1.36. The summed E-state index contributed by atoms with van der Waals surface area (Å²) in [5, 5.41) is 8.89. The van der Waals surface area contributed by atoms with Crippen LogP contribution in [0.3, 0.4) is 0 Å². The molecular weight excluding hydrogens is 439 g/mol. The number of hydrogen-bond donors (Lipinski definition) is 1. The predicted octanol–water partition coefficient (Wildman–Crippen LogP) is 4.90. The molecule has 4 nitrogen and oxygen atoms in total. The Kier molecular flexibility index (Phi) is 6.87. The fourth-order valence-corrected chi connectivity index (χ4v) is 4.09. The molecule has 1 aromatic carbocycles. The van der Waals surface area contributed by atoms with Crippen molar-refractivity contribution in [1.82, 2.24) is 10.5 Å². The smallest absolute Gasteiger partial charge is 0.230 e. The second kappa shape index (κ2) is 9.34. The lowest BCUT2D eigenvalue weighted by molar-refractivity contribution is -0.118. The third-order valence-electron chi connectivity index (χ3n) is 3.53. The molecule has 8 heteroatoms. The normalized spacial score (nSPS) is 10.8. The number of nitrogens with zero attached hydrogens (tertiary/aromatic N) is 1. The summed E-state index contributed by atoms with van der Waals surface area (Å²) in [5.41, 5.74) is 1.79. The molecule has 3 aromatic rings. The van der Waals surface area contributed by atoms with E-state index >= 15 is 0 Å². The first kappa shape index (κ1) is 19.1. The highest BCUT2D eigenvalue weighted by molar-refractivity contribution is 9.10. The monoisotopic (exact) mass is 454 g/mol. The first-order valence-corrected chi connectivity index (χ1v) is 10.7. The Labute approximate surface area is 167 Å². The average Bonchev–Trinajstić information content (AvgIpc) is 3.29. The molecule has 0 saturated carbocycles. The first-order valence-electron chi connectivity index (χ1n) is 7.89. The number of carbonyl (C=O) groups is 1. The highest BCUT2D eigenvalue weighted by Crippen LogP contribution is 2.26. The molecule has 2 aromatic heterocycles. The van der Waals surface area contributed by atoms with Gasteiger partial charge in [-0.05, 0) is 51.5 Å². The first-order chi connectivity index (χ1) is 12.6. The highest BCUT2D eigenvalue weighted by atomic mass is 79.9. The molecule has 26 heavy (non-hydrogen) atoms. The number of halogens is 2. The number of hydrogen-bond acceptors (Lipinski definition) is 5. The number of carbonyl (C=O) groups excluding carboxylic acids is 1. The molecule has 0 atom stereocenters. The van der Waals surface area contributed by atoms with Crippen LogP contribution in [0.15, 0.2) is 50.8 Å². The topological polar surface area (TPSA) is 55.1 Å². The van der Waals surface area contributed by atoms with E-state index in [4.69, 9.17) is 4.52 Å². The van der Waals surface area contributed by atoms with E-state index in [1.165, 1.54) is 17.8 Å². The number of benzene rings is 1. The van der Waals surface area contributed by atoms with Gasteiger partial charge in [0.05, 0.1) is 20.8 Å². The molecule has 0 radical (unpaired) electrons. The van der Waals surface area contributed by atoms with Crippen molar-refractivity contribution in [3.63, 3.8) is 0 Å². The standard InChI is InChI=1S/C18H16BrFN2O2S2/c19-14-8-12(3-4-15(14)20)5-6-21-18(23)11-25-10-13-9-16(24-22-13)17-2-1-7-26-17/h1-4,7-9H,5-6,10-11H2,(H,21,23). The van der Waals surface area contributed by atoms with E-state index in [0.717, 1.165) is 21.9 Å². The van der Waals surface area contributed by atoms with Crippen LogP contribution in [0.4, 0.5) is 4.39 Å². The van der Waals surface area contributed by atoms with Gasteiger partial charge in [0.15, 0.2) is 5.76 Å². The van der Waals surface area contributed by atoms with Gasteiger partial charge in [-0.2, -0.15) is 0 Å². The quantitative estimate of drug-likeness (QED) is 0.525. The number of thioether (sulfide) groups is 1. The number of aromatic nitrogens is 1. The van der Waals surface area contributed by atoms with Gasteiger partial charge in [-0.25, -0.2) is 4.39 Å². The maximum Gasteiger partial charge on any atom is 0.230 e. The van der Waals surface area contributed by atoms with Gasteiger partial charge >= 0.3 is 0 Å². The van der Waals surface area contributed by atoms with Gasteiger partial charge in [-0.1, -0.05) is 17.3 Å². The van der Waals surface area contributed by atoms with Gasteiger partial charge < -0.3 is 9.84 Å². The summed E-state index contributed by atoms with van der Waals surface area (Å²) in [6, 6.07) is 10.7. The van der Waals surface area contributed by atoms with E-state index in [2.05, 4.69) is 26.4 Å². The van der Waals surface area contributed by atoms with Crippen LogP contribution in [0, 0.1) is 5.82 Å². The molecule has 0 spiro atoms. The Morgan fingerprint density at radius 2 is 2.23 bits per heavy atom. The van der Waals surface area contributed by atoms with Crippen molar-refractivity contribution in [2.75, 3.05) is 12.3 Å². The molecular formula is C18H16BrFN2O2S2. The summed E-state index contributed by atoms with van der Waals surface area (Å²) in [5.74, 6) is 1.41. The summed E-state index contributed by atoms with van der Waals surface area (Å²) in [6.45, 7) is 0.518. The molecule has 2 heterocycles. The molecule has 1 amide bonds. The SMILES string of the molecule is O=C(CSCc1cc(-c2cccs2)on1)NCCc1ccc(F)c(Br)c1. The van der Waals surface area contributed by atoms with E-state index in [1.54, 1.807) is 23.5 Å². The Morgan fingerprint density at radius 1 is 1.35 bits per heavy atom. The molecule has 3 rings (SSSR count). The second-order valence-corrected chi connectivity index (χ2v) is 8.29. The molecule has 136 valence electrons. The maximum absolute atomic E-state index is 13.2. The van der Waals surface area contributed by atoms with E-state index in [0.29, 0.717) is 28.9 Å². The summed E-state index contributed by atoms with van der Waals surface area (Å²) in [7, 11) is 0. The third-order valence-corrected chi connectivity index (χ3v) is 5.98. The van der Waals surface area contributed by atoms with Crippen LogP contribution in [0.5, 0.6) is 0 Å². The van der Waals surface area contributed by atoms with Gasteiger partial charge in [-0.15, -0.1) is 23.1 Å². The van der Waals surface area contributed by atoms with Crippen molar-refractivity contribution in [1.29, 1.82) is 0 Å². The minimum absolute atomic E-state index is 0.0295. The van der Waals surface area contributed by atoms with Gasteiger partial charge in [0.1, 0.15) is 5.82 Å². The molecule has 0 fully saturated rings. The molecule has 0 aliphatic heterocycles. The van der Waals surface area contributed by atoms with Crippen LogP contribution in [0.1, 0.15) is 11.3 Å². The second-order valence-electron chi connectivity index (χ2n) is 5.50. The van der Waals surface area contributed by atoms with Gasteiger partial charge in [0.25, 0.3) is 0 Å². The Bertz CT molecular complexity index is 868. The van der Waals surface area contributed by atoms with E-state index in [-0.39, 0.29) is 11.7 Å². The molecule has 0 aliphatic rings. The number of thiophene rings is 1. The molecule has 0 saturated heterocycles. The summed E-state index contributed by atoms with van der Waals surface area (Å²) in [4.78, 5) is 12.9. The average molecular weight is 455 g/mol. The van der Waals surface area contributed by atoms with E-state index < -0.39 is 0 Å². The fourth-order valence-electron chi connectivity index (χ4n) is 2.26. The summed E-state index contributed by atoms with van der Waals surface area (Å²) in [6.07, 6.45) is 0.656. The van der Waals surface area contributed by atoms with Gasteiger partial charge in [0.2, 0.25) is 5.91 Å². The highest BCUT2D eigenvalue weighted by Gasteiger charge is 2.09. The summed E-state index contributed by atoms with van der Waals surface area (Å²) >= 11 is 6.24. The van der Waals surface area contributed by atoms with Crippen molar-refractivity contribution in [2.45, 2.75) is 12.2 Å². The zero-order valence-corrected chi connectivity index (χ0v) is 16.9. The van der Waals surface area contributed by atoms with Crippen molar-refractivity contribution in [2.24, 2.45) is 0 Å². The lowest BCUT2D eigenvalue weighted by atomic mass is 10.1. The van der Waals surface area contributed by atoms with Crippen LogP contribution >= 0.6 is 39.0 Å². The Morgan fingerprint density at radius 3 is 3.00 bits per heavy atom. The zero-order chi connectivity index (χ0) is 18.4. The zero-order valence-electron chi connectivity index (χ0n) is 13.7. The molecule has 0 aliphatic carbocycles. The van der Waals surface area contributed by atoms with Gasteiger partial charge in [0, 0.05) is 18.4 Å². The van der Waals surface area contributed by atoms with Gasteiger partial charge in [-0.3, -0.25) is 4.79 Å². The number of rotatable bonds is 8. The predicted molar refractivity (Wildman–Crippen MR) is 107 cm³/mol. The van der Waals surface area contributed by atoms with Crippen molar-refractivity contribution < 1.29 is 13.7 Å². The van der Waals surface area contributed by atoms with Crippen LogP contribution in [-0.4, -0.2) is 23.4 Å². The van der Waals surface area contributed by atoms with Crippen LogP contribution in [-0.2, 0) is 17.0 Å². The van der Waals surface area contributed by atoms with E-state index in [1.807, 2.05) is 23.6 Å². The van der Waals surface area contributed by atoms with Crippen molar-refractivity contribution in [3.05, 3.63) is 63.3 Å². The Hall–Kier alpha value is -1.64. The van der Waals surface area contributed by atoms with Crippen molar-refractivity contribution >= 4 is 44.9 Å². The minimum Gasteiger partial charge on any atom is -0.355 e. The molecule has 0 unspecified atom stereocenters. The van der Waals surface area contributed by atoms with E-state index in [9.17, 15) is 9.18 Å². The largest absolute Gasteiger partial charge is 0.355 e. The molecule has 0 bridgehead atoms. The third kappa shape index (κ3) is 5.43. The maximum atomic E-state index is 13.2. The fraction of sp³-hybridized carbons (Fsp3) is 0.222. The number of nitrogens with one attached hydrogen (secondary N) is 1.